The molecule has 0 bridgehead atoms. The number of hydrogen-bond acceptors (Lipinski definition) is 2. The van der Waals surface area contributed by atoms with Crippen molar-refractivity contribution < 1.29 is 18.7 Å². The van der Waals surface area contributed by atoms with Crippen molar-refractivity contribution in [1.29, 1.82) is 0 Å². The molecule has 1 aromatic carbocycles. The van der Waals surface area contributed by atoms with Crippen molar-refractivity contribution in [1.82, 2.24) is 0 Å². The van der Waals surface area contributed by atoms with Gasteiger partial charge in [-0.15, -0.1) is 11.3 Å². The number of carboxylic acid groups (broad SMARTS) is 1. The Bertz CT molecular complexity index is 560. The maximum Gasteiger partial charge on any atom is 0.337 e. The average Bonchev–Trinajstić information content (AvgIpc) is 2.49. The van der Waals surface area contributed by atoms with Crippen molar-refractivity contribution in [2.75, 3.05) is 0 Å². The molecule has 0 aliphatic rings. The van der Waals surface area contributed by atoms with E-state index in [9.17, 15) is 13.6 Å². The molecule has 0 saturated carbocycles. The van der Waals surface area contributed by atoms with E-state index in [-0.39, 0.29) is 10.9 Å². The van der Waals surface area contributed by atoms with Gasteiger partial charge in [0.1, 0.15) is 0 Å². The number of halogens is 2. The van der Waals surface area contributed by atoms with Crippen LogP contribution < -0.4 is 0 Å². The highest BCUT2D eigenvalue weighted by Crippen LogP contribution is 2.33. The Balaban J connectivity index is 2.96. The van der Waals surface area contributed by atoms with Gasteiger partial charge >= 0.3 is 5.97 Å². The van der Waals surface area contributed by atoms with Gasteiger partial charge in [0, 0.05) is 15.0 Å². The van der Waals surface area contributed by atoms with Crippen LogP contribution in [0.25, 0.3) is 10.1 Å². The van der Waals surface area contributed by atoms with E-state index in [1.54, 1.807) is 6.92 Å². The Morgan fingerprint density at radius 3 is 2.67 bits per heavy atom. The van der Waals surface area contributed by atoms with Gasteiger partial charge in [0.25, 0.3) is 0 Å². The lowest BCUT2D eigenvalue weighted by molar-refractivity contribution is 0.0698. The fraction of sp³-hybridized carbons (Fsp3) is 0.100. The van der Waals surface area contributed by atoms with Gasteiger partial charge in [-0.1, -0.05) is 0 Å². The summed E-state index contributed by atoms with van der Waals surface area (Å²) in [6.45, 7) is 1.57. The highest BCUT2D eigenvalue weighted by Gasteiger charge is 2.20. The number of thiophene rings is 1. The second kappa shape index (κ2) is 3.27. The summed E-state index contributed by atoms with van der Waals surface area (Å²) in [7, 11) is 0. The summed E-state index contributed by atoms with van der Waals surface area (Å²) in [5, 5.41) is 8.75. The second-order valence-electron chi connectivity index (χ2n) is 3.07. The van der Waals surface area contributed by atoms with E-state index in [1.807, 2.05) is 0 Å². The third-order valence-electron chi connectivity index (χ3n) is 2.14. The lowest BCUT2D eigenvalue weighted by Crippen LogP contribution is -1.98. The monoisotopic (exact) mass is 228 g/mol. The van der Waals surface area contributed by atoms with Gasteiger partial charge < -0.3 is 5.11 Å². The maximum absolute atomic E-state index is 13.4. The molecule has 0 saturated heterocycles. The predicted molar refractivity (Wildman–Crippen MR) is 53.4 cm³/mol. The summed E-state index contributed by atoms with van der Waals surface area (Å²) in [4.78, 5) is 11.4. The first kappa shape index (κ1) is 10.0. The van der Waals surface area contributed by atoms with Crippen LogP contribution in [0, 0.1) is 18.6 Å². The Morgan fingerprint density at radius 2 is 2.07 bits per heavy atom. The summed E-state index contributed by atoms with van der Waals surface area (Å²) in [6.07, 6.45) is 0. The van der Waals surface area contributed by atoms with E-state index >= 15 is 0 Å². The first-order valence-electron chi connectivity index (χ1n) is 4.12. The minimum atomic E-state index is -1.23. The zero-order valence-electron chi connectivity index (χ0n) is 7.67. The average molecular weight is 228 g/mol. The van der Waals surface area contributed by atoms with Crippen LogP contribution in [0.3, 0.4) is 0 Å². The SMILES string of the molecule is Cc1sc2ccc(F)c(F)c2c1C(=O)O. The van der Waals surface area contributed by atoms with Crippen LogP contribution in [0.1, 0.15) is 15.2 Å². The molecule has 0 atom stereocenters. The van der Waals surface area contributed by atoms with Crippen LogP contribution in [0.5, 0.6) is 0 Å². The molecule has 1 N–H and O–H groups in total. The maximum atomic E-state index is 13.4. The van der Waals surface area contributed by atoms with E-state index in [2.05, 4.69) is 0 Å². The normalized spacial score (nSPS) is 10.9. The summed E-state index contributed by atoms with van der Waals surface area (Å²) < 4.78 is 26.8. The lowest BCUT2D eigenvalue weighted by Gasteiger charge is -1.97. The van der Waals surface area contributed by atoms with E-state index < -0.39 is 17.6 Å². The number of hydrogen-bond donors (Lipinski definition) is 1. The minimum absolute atomic E-state index is 0.134. The van der Waals surface area contributed by atoms with E-state index in [4.69, 9.17) is 5.11 Å². The number of benzene rings is 1. The molecule has 1 aromatic heterocycles. The Morgan fingerprint density at radius 1 is 1.40 bits per heavy atom. The molecule has 2 nitrogen and oxygen atoms in total. The van der Waals surface area contributed by atoms with Gasteiger partial charge in [-0.3, -0.25) is 0 Å². The summed E-state index contributed by atoms with van der Waals surface area (Å²) in [6, 6.07) is 2.39. The topological polar surface area (TPSA) is 37.3 Å². The van der Waals surface area contributed by atoms with Crippen molar-refractivity contribution in [2.45, 2.75) is 6.92 Å². The fourth-order valence-electron chi connectivity index (χ4n) is 1.50. The zero-order valence-corrected chi connectivity index (χ0v) is 8.49. The number of carboxylic acids is 1. The third-order valence-corrected chi connectivity index (χ3v) is 3.21. The molecule has 78 valence electrons. The highest BCUT2D eigenvalue weighted by molar-refractivity contribution is 7.19. The number of aryl methyl sites for hydroxylation is 1. The molecule has 2 aromatic rings. The zero-order chi connectivity index (χ0) is 11.2. The van der Waals surface area contributed by atoms with Crippen LogP contribution in [-0.2, 0) is 0 Å². The van der Waals surface area contributed by atoms with Crippen LogP contribution in [0.15, 0.2) is 12.1 Å². The third kappa shape index (κ3) is 1.39. The van der Waals surface area contributed by atoms with Crippen LogP contribution >= 0.6 is 11.3 Å². The molecule has 2 rings (SSSR count). The Hall–Kier alpha value is -1.49. The van der Waals surface area contributed by atoms with Gasteiger partial charge in [0.2, 0.25) is 0 Å². The number of rotatable bonds is 1. The number of aromatic carboxylic acids is 1. The summed E-state index contributed by atoms with van der Waals surface area (Å²) in [5.74, 6) is -3.35. The smallest absolute Gasteiger partial charge is 0.337 e. The summed E-state index contributed by atoms with van der Waals surface area (Å²) in [5.41, 5.74) is -0.146. The lowest BCUT2D eigenvalue weighted by atomic mass is 10.1. The van der Waals surface area contributed by atoms with E-state index in [0.717, 1.165) is 17.4 Å². The Labute approximate surface area is 87.8 Å². The first-order valence-corrected chi connectivity index (χ1v) is 4.94. The van der Waals surface area contributed by atoms with Gasteiger partial charge in [-0.25, -0.2) is 13.6 Å². The minimum Gasteiger partial charge on any atom is -0.478 e. The van der Waals surface area contributed by atoms with Gasteiger partial charge in [0.15, 0.2) is 11.6 Å². The largest absolute Gasteiger partial charge is 0.478 e. The van der Waals surface area contributed by atoms with Crippen molar-refractivity contribution >= 4 is 27.4 Å². The van der Waals surface area contributed by atoms with Crippen molar-refractivity contribution in [3.05, 3.63) is 34.2 Å². The standard InChI is InChI=1S/C10H6F2O2S/c1-4-7(10(13)14)8-6(15-4)3-2-5(11)9(8)12/h2-3H,1H3,(H,13,14). The van der Waals surface area contributed by atoms with Gasteiger partial charge in [-0.2, -0.15) is 0 Å². The van der Waals surface area contributed by atoms with Crippen molar-refractivity contribution in [2.24, 2.45) is 0 Å². The predicted octanol–water partition coefficient (Wildman–Crippen LogP) is 3.19. The molecular formula is C10H6F2O2S. The molecule has 0 radical (unpaired) electrons. The molecular weight excluding hydrogens is 222 g/mol. The molecule has 1 heterocycles. The molecule has 0 aliphatic heterocycles. The van der Waals surface area contributed by atoms with E-state index in [0.29, 0.717) is 9.58 Å². The first-order chi connectivity index (χ1) is 7.02. The molecule has 0 amide bonds. The second-order valence-corrected chi connectivity index (χ2v) is 4.33. The quantitative estimate of drug-likeness (QED) is 0.813. The molecule has 5 heteroatoms. The number of carbonyl (C=O) groups is 1. The van der Waals surface area contributed by atoms with Crippen molar-refractivity contribution in [3.8, 4) is 0 Å². The Kier molecular flexibility index (Phi) is 2.19. The summed E-state index contributed by atoms with van der Waals surface area (Å²) >= 11 is 1.14. The van der Waals surface area contributed by atoms with Gasteiger partial charge in [-0.05, 0) is 19.1 Å². The highest BCUT2D eigenvalue weighted by atomic mass is 32.1. The van der Waals surface area contributed by atoms with Crippen LogP contribution in [-0.4, -0.2) is 11.1 Å². The molecule has 0 unspecified atom stereocenters. The fourth-order valence-corrected chi connectivity index (χ4v) is 2.55. The van der Waals surface area contributed by atoms with Crippen LogP contribution in [0.4, 0.5) is 8.78 Å². The van der Waals surface area contributed by atoms with E-state index in [1.165, 1.54) is 6.07 Å². The van der Waals surface area contributed by atoms with Crippen LogP contribution in [0.2, 0.25) is 0 Å². The van der Waals surface area contributed by atoms with Crippen molar-refractivity contribution in [3.63, 3.8) is 0 Å². The molecule has 0 spiro atoms. The number of fused-ring (bicyclic) bond motifs is 1. The molecule has 0 fully saturated rings. The molecule has 15 heavy (non-hydrogen) atoms. The molecule has 0 aliphatic carbocycles. The van der Waals surface area contributed by atoms with Gasteiger partial charge in [0.05, 0.1) is 5.56 Å².